The van der Waals surface area contributed by atoms with Crippen molar-refractivity contribution in [3.8, 4) is 0 Å². The van der Waals surface area contributed by atoms with Gasteiger partial charge in [0.25, 0.3) is 0 Å². The second-order valence-corrected chi connectivity index (χ2v) is 5.56. The van der Waals surface area contributed by atoms with Crippen LogP contribution in [0.25, 0.3) is 0 Å². The van der Waals surface area contributed by atoms with Crippen molar-refractivity contribution in [2.45, 2.75) is 45.8 Å². The Morgan fingerprint density at radius 1 is 1.45 bits per heavy atom. The number of morpholine rings is 1. The zero-order valence-electron chi connectivity index (χ0n) is 12.7. The van der Waals surface area contributed by atoms with Gasteiger partial charge < -0.3 is 15.0 Å². The number of nitrogens with two attached hydrogens (primary N) is 1. The predicted octanol–water partition coefficient (Wildman–Crippen LogP) is 1.90. The van der Waals surface area contributed by atoms with Gasteiger partial charge in [0, 0.05) is 13.1 Å². The molecule has 6 nitrogen and oxygen atoms in total. The third-order valence-corrected chi connectivity index (χ3v) is 3.98. The zero-order chi connectivity index (χ0) is 14.5. The monoisotopic (exact) mass is 282 g/mol. The van der Waals surface area contributed by atoms with Crippen molar-refractivity contribution in [2.75, 3.05) is 26.2 Å². The molecule has 1 aliphatic rings. The van der Waals surface area contributed by atoms with Gasteiger partial charge in [-0.25, -0.2) is 0 Å². The number of rotatable bonds is 6. The Bertz CT molecular complexity index is 408. The first-order valence-corrected chi connectivity index (χ1v) is 7.58. The van der Waals surface area contributed by atoms with Gasteiger partial charge in [-0.15, -0.1) is 0 Å². The van der Waals surface area contributed by atoms with Crippen LogP contribution < -0.4 is 5.73 Å². The first kappa shape index (κ1) is 15.4. The Hall–Kier alpha value is -0.980. The third-order valence-electron chi connectivity index (χ3n) is 3.98. The van der Waals surface area contributed by atoms with E-state index in [1.54, 1.807) is 0 Å². The van der Waals surface area contributed by atoms with Gasteiger partial charge in [-0.2, -0.15) is 4.98 Å². The van der Waals surface area contributed by atoms with E-state index in [1.807, 2.05) is 0 Å². The van der Waals surface area contributed by atoms with Crippen molar-refractivity contribution in [1.82, 2.24) is 15.0 Å². The van der Waals surface area contributed by atoms with Crippen LogP contribution in [-0.2, 0) is 4.74 Å². The van der Waals surface area contributed by atoms with E-state index < -0.39 is 0 Å². The van der Waals surface area contributed by atoms with Crippen molar-refractivity contribution >= 4 is 0 Å². The highest BCUT2D eigenvalue weighted by Crippen LogP contribution is 2.24. The van der Waals surface area contributed by atoms with Crippen LogP contribution in [0, 0.1) is 5.92 Å². The molecule has 1 aromatic rings. The van der Waals surface area contributed by atoms with Gasteiger partial charge in [0.05, 0.1) is 12.6 Å². The second-order valence-electron chi connectivity index (χ2n) is 5.56. The molecule has 6 heteroatoms. The molecule has 0 spiro atoms. The van der Waals surface area contributed by atoms with Gasteiger partial charge in [0.1, 0.15) is 6.10 Å². The molecular weight excluding hydrogens is 256 g/mol. The lowest BCUT2D eigenvalue weighted by Gasteiger charge is -2.30. The third kappa shape index (κ3) is 3.56. The van der Waals surface area contributed by atoms with E-state index in [1.165, 1.54) is 0 Å². The number of hydrogen-bond donors (Lipinski definition) is 1. The van der Waals surface area contributed by atoms with Crippen molar-refractivity contribution < 1.29 is 9.26 Å². The summed E-state index contributed by atoms with van der Waals surface area (Å²) in [4.78, 5) is 6.82. The molecule has 0 amide bonds. The highest BCUT2D eigenvalue weighted by Gasteiger charge is 2.27. The molecular formula is C14H26N4O2. The van der Waals surface area contributed by atoms with Crippen LogP contribution >= 0.6 is 0 Å². The Balaban J connectivity index is 2.01. The summed E-state index contributed by atoms with van der Waals surface area (Å²) in [6, 6.07) is -0.198. The van der Waals surface area contributed by atoms with Gasteiger partial charge in [-0.1, -0.05) is 32.3 Å². The minimum Gasteiger partial charge on any atom is -0.367 e. The second kappa shape index (κ2) is 7.15. The molecule has 0 saturated carbocycles. The van der Waals surface area contributed by atoms with Crippen LogP contribution in [0.1, 0.15) is 57.5 Å². The lowest BCUT2D eigenvalue weighted by atomic mass is 10.0. The molecule has 114 valence electrons. The van der Waals surface area contributed by atoms with Crippen LogP contribution in [-0.4, -0.2) is 41.3 Å². The molecule has 0 aliphatic carbocycles. The molecule has 1 saturated heterocycles. The molecule has 0 aromatic carbocycles. The zero-order valence-corrected chi connectivity index (χ0v) is 12.7. The molecule has 1 aromatic heterocycles. The van der Waals surface area contributed by atoms with Crippen LogP contribution in [0.3, 0.4) is 0 Å². The maximum atomic E-state index is 6.12. The molecule has 3 atom stereocenters. The number of ether oxygens (including phenoxy) is 1. The summed E-state index contributed by atoms with van der Waals surface area (Å²) in [5.74, 6) is 1.47. The molecule has 2 rings (SSSR count). The number of aromatic nitrogens is 2. The summed E-state index contributed by atoms with van der Waals surface area (Å²) in [6.45, 7) is 9.97. The maximum Gasteiger partial charge on any atom is 0.243 e. The van der Waals surface area contributed by atoms with Crippen molar-refractivity contribution in [3.05, 3.63) is 11.7 Å². The van der Waals surface area contributed by atoms with E-state index in [0.29, 0.717) is 24.2 Å². The molecule has 0 radical (unpaired) electrons. The highest BCUT2D eigenvalue weighted by atomic mass is 16.5. The van der Waals surface area contributed by atoms with E-state index in [0.717, 1.165) is 32.5 Å². The quantitative estimate of drug-likeness (QED) is 0.858. The van der Waals surface area contributed by atoms with Crippen molar-refractivity contribution in [3.63, 3.8) is 0 Å². The lowest BCUT2D eigenvalue weighted by molar-refractivity contribution is -0.0350. The average molecular weight is 282 g/mol. The van der Waals surface area contributed by atoms with E-state index >= 15 is 0 Å². The smallest absolute Gasteiger partial charge is 0.243 e. The molecule has 2 N–H and O–H groups in total. The standard InChI is InChI=1S/C14H26N4O2/c1-4-6-18-7-8-19-11(9-18)13-16-14(20-17-13)12(15)10(3)5-2/h10-12H,4-9,15H2,1-3H3/t10?,11?,12-/m0/s1. The Morgan fingerprint density at radius 2 is 2.25 bits per heavy atom. The summed E-state index contributed by atoms with van der Waals surface area (Å²) >= 11 is 0. The van der Waals surface area contributed by atoms with Crippen LogP contribution in [0.2, 0.25) is 0 Å². The maximum absolute atomic E-state index is 6.12. The first-order valence-electron chi connectivity index (χ1n) is 7.58. The SMILES string of the molecule is CCCN1CCOC(c2noc([C@@H](N)C(C)CC)n2)C1. The topological polar surface area (TPSA) is 77.4 Å². The van der Waals surface area contributed by atoms with E-state index in [2.05, 4.69) is 35.8 Å². The fourth-order valence-electron chi connectivity index (χ4n) is 2.39. The molecule has 1 fully saturated rings. The summed E-state index contributed by atoms with van der Waals surface area (Å²) < 4.78 is 11.1. The van der Waals surface area contributed by atoms with Crippen LogP contribution in [0.5, 0.6) is 0 Å². The molecule has 2 unspecified atom stereocenters. The van der Waals surface area contributed by atoms with Gasteiger partial charge in [-0.3, -0.25) is 4.90 Å². The molecule has 2 heterocycles. The van der Waals surface area contributed by atoms with Crippen molar-refractivity contribution in [1.29, 1.82) is 0 Å². The van der Waals surface area contributed by atoms with E-state index in [9.17, 15) is 0 Å². The van der Waals surface area contributed by atoms with E-state index in [-0.39, 0.29) is 12.1 Å². The summed E-state index contributed by atoms with van der Waals surface area (Å²) in [5.41, 5.74) is 6.12. The van der Waals surface area contributed by atoms with E-state index in [4.69, 9.17) is 15.0 Å². The predicted molar refractivity (Wildman–Crippen MR) is 76.1 cm³/mol. The summed E-state index contributed by atoms with van der Waals surface area (Å²) in [6.07, 6.45) is 2.03. The minimum atomic E-state index is -0.198. The molecule has 1 aliphatic heterocycles. The number of nitrogens with zero attached hydrogens (tertiary/aromatic N) is 3. The Labute approximate surface area is 120 Å². The van der Waals surface area contributed by atoms with Gasteiger partial charge in [0.15, 0.2) is 0 Å². The van der Waals surface area contributed by atoms with Crippen LogP contribution in [0.4, 0.5) is 0 Å². The van der Waals surface area contributed by atoms with Crippen molar-refractivity contribution in [2.24, 2.45) is 11.7 Å². The first-order chi connectivity index (χ1) is 9.65. The Kier molecular flexibility index (Phi) is 5.51. The van der Waals surface area contributed by atoms with Gasteiger partial charge in [0.2, 0.25) is 11.7 Å². The fourth-order valence-corrected chi connectivity index (χ4v) is 2.39. The minimum absolute atomic E-state index is 0.100. The molecule has 20 heavy (non-hydrogen) atoms. The summed E-state index contributed by atoms with van der Waals surface area (Å²) in [7, 11) is 0. The average Bonchev–Trinajstić information content (AvgIpc) is 2.96. The normalized spacial score (nSPS) is 23.7. The lowest BCUT2D eigenvalue weighted by Crippen LogP contribution is -2.39. The summed E-state index contributed by atoms with van der Waals surface area (Å²) in [5, 5.41) is 4.05. The fraction of sp³-hybridized carbons (Fsp3) is 0.857. The Morgan fingerprint density at radius 3 is 2.95 bits per heavy atom. The molecule has 0 bridgehead atoms. The van der Waals surface area contributed by atoms with Gasteiger partial charge in [-0.05, 0) is 18.9 Å². The van der Waals surface area contributed by atoms with Gasteiger partial charge >= 0.3 is 0 Å². The number of hydrogen-bond acceptors (Lipinski definition) is 6. The van der Waals surface area contributed by atoms with Crippen LogP contribution in [0.15, 0.2) is 4.52 Å². The highest BCUT2D eigenvalue weighted by molar-refractivity contribution is 4.98. The largest absolute Gasteiger partial charge is 0.367 e.